The Bertz CT molecular complexity index is 706. The molecule has 4 nitrogen and oxygen atoms in total. The van der Waals surface area contributed by atoms with E-state index in [0.717, 1.165) is 43.9 Å². The van der Waals surface area contributed by atoms with Crippen molar-refractivity contribution >= 4 is 22.4 Å². The Balaban J connectivity index is 1.44. The Labute approximate surface area is 140 Å². The number of benzene rings is 1. The molecule has 1 aliphatic carbocycles. The number of amides is 1. The van der Waals surface area contributed by atoms with E-state index in [1.807, 2.05) is 18.3 Å². The molecule has 2 aliphatic rings. The van der Waals surface area contributed by atoms with Crippen LogP contribution in [0.2, 0.25) is 0 Å². The van der Waals surface area contributed by atoms with E-state index in [4.69, 9.17) is 0 Å². The van der Waals surface area contributed by atoms with Crippen LogP contribution in [0, 0.1) is 0 Å². The van der Waals surface area contributed by atoms with Crippen molar-refractivity contribution in [1.82, 2.24) is 10.3 Å². The third-order valence-corrected chi connectivity index (χ3v) is 6.02. The average molecular weight is 327 g/mol. The number of carbonyl (C=O) groups is 1. The number of rotatable bonds is 3. The van der Waals surface area contributed by atoms with Gasteiger partial charge in [-0.2, -0.15) is 0 Å². The molecule has 2 heterocycles. The maximum Gasteiger partial charge on any atom is 0.233 e. The van der Waals surface area contributed by atoms with Crippen molar-refractivity contribution in [3.63, 3.8) is 0 Å². The van der Waals surface area contributed by atoms with Crippen LogP contribution >= 0.6 is 11.3 Å². The lowest BCUT2D eigenvalue weighted by Crippen LogP contribution is -2.26. The maximum absolute atomic E-state index is 12.6. The van der Waals surface area contributed by atoms with Crippen LogP contribution in [0.25, 0.3) is 0 Å². The molecule has 2 N–H and O–H groups in total. The average Bonchev–Trinajstić information content (AvgIpc) is 3.22. The molecule has 1 atom stereocenters. The lowest BCUT2D eigenvalue weighted by atomic mass is 9.97. The van der Waals surface area contributed by atoms with E-state index in [1.165, 1.54) is 16.0 Å². The summed E-state index contributed by atoms with van der Waals surface area (Å²) in [6, 6.07) is 8.27. The molecule has 1 unspecified atom stereocenters. The van der Waals surface area contributed by atoms with Crippen molar-refractivity contribution in [3.05, 3.63) is 46.5 Å². The van der Waals surface area contributed by atoms with E-state index in [2.05, 4.69) is 27.8 Å². The molecule has 0 radical (unpaired) electrons. The second-order valence-corrected chi connectivity index (χ2v) is 7.43. The van der Waals surface area contributed by atoms with Crippen LogP contribution in [0.1, 0.15) is 47.1 Å². The van der Waals surface area contributed by atoms with Gasteiger partial charge in [0.05, 0.1) is 5.92 Å². The van der Waals surface area contributed by atoms with Crippen molar-refractivity contribution in [1.29, 1.82) is 0 Å². The summed E-state index contributed by atoms with van der Waals surface area (Å²) in [7, 11) is 0. The van der Waals surface area contributed by atoms with Gasteiger partial charge in [-0.3, -0.25) is 4.79 Å². The summed E-state index contributed by atoms with van der Waals surface area (Å²) in [6.45, 7) is 2.15. The molecule has 2 aromatic rings. The number of hydrogen-bond donors (Lipinski definition) is 2. The topological polar surface area (TPSA) is 54.0 Å². The molecule has 1 aromatic heterocycles. The first-order chi connectivity index (χ1) is 11.3. The third kappa shape index (κ3) is 3.03. The number of nitrogens with zero attached hydrogens (tertiary/aromatic N) is 1. The number of piperidine rings is 1. The van der Waals surface area contributed by atoms with E-state index in [1.54, 1.807) is 11.3 Å². The molecule has 23 heavy (non-hydrogen) atoms. The van der Waals surface area contributed by atoms with Gasteiger partial charge in [0.15, 0.2) is 5.13 Å². The number of anilines is 1. The fourth-order valence-electron chi connectivity index (χ4n) is 3.66. The van der Waals surface area contributed by atoms with Gasteiger partial charge in [0.1, 0.15) is 0 Å². The minimum Gasteiger partial charge on any atom is -0.317 e. The molecule has 0 bridgehead atoms. The fourth-order valence-corrected chi connectivity index (χ4v) is 4.65. The van der Waals surface area contributed by atoms with Crippen molar-refractivity contribution in [2.75, 3.05) is 18.4 Å². The summed E-state index contributed by atoms with van der Waals surface area (Å²) in [5.41, 5.74) is 2.49. The first-order valence-corrected chi connectivity index (χ1v) is 9.18. The summed E-state index contributed by atoms with van der Waals surface area (Å²) >= 11 is 1.64. The molecule has 0 spiro atoms. The quantitative estimate of drug-likeness (QED) is 0.909. The zero-order valence-corrected chi connectivity index (χ0v) is 13.9. The Morgan fingerprint density at radius 3 is 2.91 bits per heavy atom. The van der Waals surface area contributed by atoms with E-state index in [0.29, 0.717) is 5.92 Å². The van der Waals surface area contributed by atoms with Crippen LogP contribution in [-0.4, -0.2) is 24.0 Å². The molecular weight excluding hydrogens is 306 g/mol. The van der Waals surface area contributed by atoms with E-state index >= 15 is 0 Å². The highest BCUT2D eigenvalue weighted by atomic mass is 32.1. The van der Waals surface area contributed by atoms with Gasteiger partial charge < -0.3 is 10.6 Å². The third-order valence-electron chi connectivity index (χ3n) is 4.94. The predicted octanol–water partition coefficient (Wildman–Crippen LogP) is 3.28. The molecule has 1 aliphatic heterocycles. The summed E-state index contributed by atoms with van der Waals surface area (Å²) < 4.78 is 0. The highest BCUT2D eigenvalue weighted by Gasteiger charge is 2.29. The van der Waals surface area contributed by atoms with Gasteiger partial charge in [-0.05, 0) is 55.8 Å². The van der Waals surface area contributed by atoms with Gasteiger partial charge in [-0.25, -0.2) is 4.98 Å². The lowest BCUT2D eigenvalue weighted by molar-refractivity contribution is -0.117. The second-order valence-electron chi connectivity index (χ2n) is 6.37. The van der Waals surface area contributed by atoms with Crippen molar-refractivity contribution in [2.24, 2.45) is 0 Å². The fraction of sp³-hybridized carbons (Fsp3) is 0.444. The van der Waals surface area contributed by atoms with Crippen molar-refractivity contribution in [2.45, 2.75) is 37.5 Å². The number of aryl methyl sites for hydroxylation is 1. The summed E-state index contributed by atoms with van der Waals surface area (Å²) in [5.74, 6) is 0.644. The first kappa shape index (κ1) is 14.8. The number of fused-ring (bicyclic) bond motifs is 1. The Morgan fingerprint density at radius 2 is 2.04 bits per heavy atom. The van der Waals surface area contributed by atoms with Gasteiger partial charge in [0, 0.05) is 11.1 Å². The molecule has 120 valence electrons. The normalized spacial score (nSPS) is 21.1. The largest absolute Gasteiger partial charge is 0.317 e. The zero-order chi connectivity index (χ0) is 15.6. The van der Waals surface area contributed by atoms with Crippen LogP contribution in [-0.2, 0) is 11.2 Å². The molecule has 5 heteroatoms. The summed E-state index contributed by atoms with van der Waals surface area (Å²) in [6.07, 6.45) is 6.15. The molecule has 1 aromatic carbocycles. The minimum atomic E-state index is -0.0302. The Morgan fingerprint density at radius 1 is 1.22 bits per heavy atom. The van der Waals surface area contributed by atoms with Crippen LogP contribution < -0.4 is 10.6 Å². The highest BCUT2D eigenvalue weighted by molar-refractivity contribution is 7.15. The Hall–Kier alpha value is -1.72. The van der Waals surface area contributed by atoms with Crippen LogP contribution in [0.5, 0.6) is 0 Å². The molecule has 1 amide bonds. The highest BCUT2D eigenvalue weighted by Crippen LogP contribution is 2.35. The van der Waals surface area contributed by atoms with Gasteiger partial charge in [-0.1, -0.05) is 24.3 Å². The second kappa shape index (κ2) is 6.42. The van der Waals surface area contributed by atoms with Crippen molar-refractivity contribution < 1.29 is 4.79 Å². The first-order valence-electron chi connectivity index (χ1n) is 8.36. The van der Waals surface area contributed by atoms with Gasteiger partial charge in [0.2, 0.25) is 5.91 Å². The minimum absolute atomic E-state index is 0.0302. The van der Waals surface area contributed by atoms with Crippen LogP contribution in [0.4, 0.5) is 5.13 Å². The maximum atomic E-state index is 12.6. The number of nitrogens with one attached hydrogen (secondary N) is 2. The van der Waals surface area contributed by atoms with Gasteiger partial charge in [-0.15, -0.1) is 11.3 Å². The van der Waals surface area contributed by atoms with Gasteiger partial charge >= 0.3 is 0 Å². The standard InChI is InChI=1S/C18H21N3OS/c22-17(15-6-5-12-3-1-2-4-14(12)15)21-18-20-11-16(23-18)13-7-9-19-10-8-13/h1-4,11,13,15,19H,5-10H2,(H,20,21,22). The summed E-state index contributed by atoms with van der Waals surface area (Å²) in [5, 5.41) is 7.16. The molecular formula is C18H21N3OS. The van der Waals surface area contributed by atoms with E-state index in [9.17, 15) is 4.79 Å². The Kier molecular flexibility index (Phi) is 4.14. The van der Waals surface area contributed by atoms with Crippen LogP contribution in [0.3, 0.4) is 0 Å². The zero-order valence-electron chi connectivity index (χ0n) is 13.0. The number of carbonyl (C=O) groups excluding carboxylic acids is 1. The van der Waals surface area contributed by atoms with Crippen LogP contribution in [0.15, 0.2) is 30.5 Å². The van der Waals surface area contributed by atoms with Crippen molar-refractivity contribution in [3.8, 4) is 0 Å². The number of thiazole rings is 1. The smallest absolute Gasteiger partial charge is 0.233 e. The molecule has 1 saturated heterocycles. The predicted molar refractivity (Wildman–Crippen MR) is 93.1 cm³/mol. The monoisotopic (exact) mass is 327 g/mol. The number of aromatic nitrogens is 1. The summed E-state index contributed by atoms with van der Waals surface area (Å²) in [4.78, 5) is 18.3. The molecule has 4 rings (SSSR count). The molecule has 1 fully saturated rings. The van der Waals surface area contributed by atoms with Gasteiger partial charge in [0.25, 0.3) is 0 Å². The van der Waals surface area contributed by atoms with E-state index in [-0.39, 0.29) is 11.8 Å². The lowest BCUT2D eigenvalue weighted by Gasteiger charge is -2.20. The number of hydrogen-bond acceptors (Lipinski definition) is 4. The SMILES string of the molecule is O=C(Nc1ncc(C2CCNCC2)s1)C1CCc2ccccc21. The molecule has 0 saturated carbocycles. The van der Waals surface area contributed by atoms with E-state index < -0.39 is 0 Å².